The van der Waals surface area contributed by atoms with Crippen molar-refractivity contribution in [1.82, 2.24) is 4.90 Å². The minimum absolute atomic E-state index is 0.119. The molecule has 0 saturated heterocycles. The van der Waals surface area contributed by atoms with Crippen molar-refractivity contribution in [2.24, 2.45) is 5.92 Å². The molecule has 0 aromatic heterocycles. The highest BCUT2D eigenvalue weighted by atomic mass is 16.2. The van der Waals surface area contributed by atoms with E-state index in [-0.39, 0.29) is 5.91 Å². The molecule has 3 nitrogen and oxygen atoms in total. The van der Waals surface area contributed by atoms with E-state index >= 15 is 0 Å². The van der Waals surface area contributed by atoms with Gasteiger partial charge in [0.15, 0.2) is 0 Å². The number of hydrogen-bond acceptors (Lipinski definition) is 2. The van der Waals surface area contributed by atoms with Crippen LogP contribution in [0.5, 0.6) is 0 Å². The maximum absolute atomic E-state index is 12.2. The minimum atomic E-state index is 0.119. The van der Waals surface area contributed by atoms with Crippen molar-refractivity contribution >= 4 is 11.6 Å². The number of nitrogens with one attached hydrogen (secondary N) is 1. The fourth-order valence-corrected chi connectivity index (χ4v) is 2.17. The van der Waals surface area contributed by atoms with Crippen LogP contribution in [-0.2, 0) is 0 Å². The molecule has 1 amide bonds. The fraction of sp³-hybridized carbons (Fsp3) is 0.500. The van der Waals surface area contributed by atoms with Gasteiger partial charge in [0, 0.05) is 31.9 Å². The Kier molecular flexibility index (Phi) is 3.67. The van der Waals surface area contributed by atoms with E-state index in [4.69, 9.17) is 0 Å². The van der Waals surface area contributed by atoms with Crippen LogP contribution in [0.15, 0.2) is 24.3 Å². The molecule has 0 unspecified atom stereocenters. The van der Waals surface area contributed by atoms with E-state index in [1.165, 1.54) is 19.3 Å². The average Bonchev–Trinajstić information content (AvgIpc) is 2.32. The van der Waals surface area contributed by atoms with Gasteiger partial charge in [0.1, 0.15) is 0 Å². The first-order valence-corrected chi connectivity index (χ1v) is 6.24. The summed E-state index contributed by atoms with van der Waals surface area (Å²) in [5.41, 5.74) is 1.74. The summed E-state index contributed by atoms with van der Waals surface area (Å²) in [6.07, 6.45) is 3.87. The van der Waals surface area contributed by atoms with E-state index < -0.39 is 0 Å². The summed E-state index contributed by atoms with van der Waals surface area (Å²) in [6.45, 7) is 0.891. The number of nitrogens with zero attached hydrogens (tertiary/aromatic N) is 1. The van der Waals surface area contributed by atoms with Gasteiger partial charge in [0.05, 0.1) is 0 Å². The normalized spacial score (nSPS) is 15.2. The van der Waals surface area contributed by atoms with E-state index in [0.717, 1.165) is 23.7 Å². The van der Waals surface area contributed by atoms with E-state index in [1.54, 1.807) is 0 Å². The van der Waals surface area contributed by atoms with Crippen LogP contribution in [0.4, 0.5) is 5.69 Å². The summed E-state index contributed by atoms with van der Waals surface area (Å²) in [5.74, 6) is 0.838. The van der Waals surface area contributed by atoms with Crippen LogP contribution in [0.3, 0.4) is 0 Å². The molecule has 2 rings (SSSR count). The molecule has 1 N–H and O–H groups in total. The minimum Gasteiger partial charge on any atom is -0.388 e. The second-order valence-corrected chi connectivity index (χ2v) is 4.81. The number of hydrogen-bond donors (Lipinski definition) is 1. The number of benzene rings is 1. The van der Waals surface area contributed by atoms with Crippen molar-refractivity contribution in [2.45, 2.75) is 19.3 Å². The first-order valence-electron chi connectivity index (χ1n) is 6.24. The summed E-state index contributed by atoms with van der Waals surface area (Å²) < 4.78 is 0. The number of carbonyl (C=O) groups is 1. The fourth-order valence-electron chi connectivity index (χ4n) is 2.17. The third kappa shape index (κ3) is 2.78. The molecule has 1 aliphatic carbocycles. The van der Waals surface area contributed by atoms with Crippen molar-refractivity contribution in [1.29, 1.82) is 0 Å². The van der Waals surface area contributed by atoms with Gasteiger partial charge in [0.2, 0.25) is 0 Å². The average molecular weight is 232 g/mol. The summed E-state index contributed by atoms with van der Waals surface area (Å²) in [4.78, 5) is 14.0. The summed E-state index contributed by atoms with van der Waals surface area (Å²) >= 11 is 0. The molecule has 0 aliphatic heterocycles. The van der Waals surface area contributed by atoms with Crippen molar-refractivity contribution in [3.05, 3.63) is 29.8 Å². The van der Waals surface area contributed by atoms with Crippen molar-refractivity contribution in [3.8, 4) is 0 Å². The zero-order chi connectivity index (χ0) is 12.3. The highest BCUT2D eigenvalue weighted by Crippen LogP contribution is 2.27. The molecule has 92 valence electrons. The SMILES string of the molecule is CNc1cccc(C(=O)N(C)CC2CCC2)c1. The lowest BCUT2D eigenvalue weighted by Gasteiger charge is -2.30. The maximum atomic E-state index is 12.2. The molecule has 17 heavy (non-hydrogen) atoms. The van der Waals surface area contributed by atoms with Crippen LogP contribution in [0.1, 0.15) is 29.6 Å². The highest BCUT2D eigenvalue weighted by Gasteiger charge is 2.21. The molecule has 1 aliphatic rings. The molecule has 1 aromatic rings. The highest BCUT2D eigenvalue weighted by molar-refractivity contribution is 5.95. The second kappa shape index (κ2) is 5.21. The Labute approximate surface area is 103 Å². The third-order valence-corrected chi connectivity index (χ3v) is 3.50. The Hall–Kier alpha value is -1.51. The number of amides is 1. The first kappa shape index (κ1) is 12.0. The first-order chi connectivity index (χ1) is 8.20. The van der Waals surface area contributed by atoms with Crippen molar-refractivity contribution in [3.63, 3.8) is 0 Å². The second-order valence-electron chi connectivity index (χ2n) is 4.81. The predicted molar refractivity (Wildman–Crippen MR) is 70.3 cm³/mol. The van der Waals surface area contributed by atoms with Crippen molar-refractivity contribution < 1.29 is 4.79 Å². The largest absolute Gasteiger partial charge is 0.388 e. The zero-order valence-electron chi connectivity index (χ0n) is 10.6. The monoisotopic (exact) mass is 232 g/mol. The van der Waals surface area contributed by atoms with Gasteiger partial charge in [-0.15, -0.1) is 0 Å². The van der Waals surface area contributed by atoms with E-state index in [2.05, 4.69) is 5.32 Å². The Morgan fingerprint density at radius 3 is 2.82 bits per heavy atom. The predicted octanol–water partition coefficient (Wildman–Crippen LogP) is 2.60. The molecule has 0 atom stereocenters. The smallest absolute Gasteiger partial charge is 0.253 e. The topological polar surface area (TPSA) is 32.3 Å². The van der Waals surface area contributed by atoms with Gasteiger partial charge in [-0.3, -0.25) is 4.79 Å². The van der Waals surface area contributed by atoms with E-state index in [9.17, 15) is 4.79 Å². The lowest BCUT2D eigenvalue weighted by Crippen LogP contribution is -2.34. The quantitative estimate of drug-likeness (QED) is 0.865. The summed E-state index contributed by atoms with van der Waals surface area (Å²) in [6, 6.07) is 7.65. The number of carbonyl (C=O) groups excluding carboxylic acids is 1. The molecule has 1 aromatic carbocycles. The molecule has 1 fully saturated rings. The van der Waals surface area contributed by atoms with Gasteiger partial charge in [-0.2, -0.15) is 0 Å². The maximum Gasteiger partial charge on any atom is 0.253 e. The van der Waals surface area contributed by atoms with E-state index in [0.29, 0.717) is 0 Å². The Morgan fingerprint density at radius 2 is 2.24 bits per heavy atom. The van der Waals surface area contributed by atoms with Gasteiger partial charge >= 0.3 is 0 Å². The standard InChI is InChI=1S/C14H20N2O/c1-15-13-8-4-7-12(9-13)14(17)16(2)10-11-5-3-6-11/h4,7-9,11,15H,3,5-6,10H2,1-2H3. The Bertz CT molecular complexity index is 399. The number of anilines is 1. The molecule has 0 spiro atoms. The van der Waals surface area contributed by atoms with Crippen LogP contribution < -0.4 is 5.32 Å². The van der Waals surface area contributed by atoms with E-state index in [1.807, 2.05) is 43.3 Å². The van der Waals surface area contributed by atoms with Crippen LogP contribution in [0.25, 0.3) is 0 Å². The van der Waals surface area contributed by atoms with Crippen LogP contribution in [0.2, 0.25) is 0 Å². The lowest BCUT2D eigenvalue weighted by molar-refractivity contribution is 0.0745. The van der Waals surface area contributed by atoms with Gasteiger partial charge in [-0.1, -0.05) is 12.5 Å². The molecule has 0 radical (unpaired) electrons. The number of rotatable bonds is 4. The summed E-state index contributed by atoms with van der Waals surface area (Å²) in [5, 5.41) is 3.05. The van der Waals surface area contributed by atoms with Gasteiger partial charge in [0.25, 0.3) is 5.91 Å². The Balaban J connectivity index is 2.01. The van der Waals surface area contributed by atoms with Gasteiger partial charge in [-0.25, -0.2) is 0 Å². The molecule has 1 saturated carbocycles. The Morgan fingerprint density at radius 1 is 1.47 bits per heavy atom. The van der Waals surface area contributed by atoms with Crippen LogP contribution >= 0.6 is 0 Å². The molecular weight excluding hydrogens is 212 g/mol. The summed E-state index contributed by atoms with van der Waals surface area (Å²) in [7, 11) is 3.76. The molecule has 0 heterocycles. The van der Waals surface area contributed by atoms with Gasteiger partial charge in [-0.05, 0) is 37.0 Å². The molecule has 3 heteroatoms. The molecular formula is C14H20N2O. The van der Waals surface area contributed by atoms with Crippen LogP contribution in [-0.4, -0.2) is 31.4 Å². The zero-order valence-corrected chi connectivity index (χ0v) is 10.6. The third-order valence-electron chi connectivity index (χ3n) is 3.50. The van der Waals surface area contributed by atoms with Crippen LogP contribution in [0, 0.1) is 5.92 Å². The van der Waals surface area contributed by atoms with Gasteiger partial charge < -0.3 is 10.2 Å². The van der Waals surface area contributed by atoms with Crippen molar-refractivity contribution in [2.75, 3.05) is 26.0 Å². The molecule has 0 bridgehead atoms. The lowest BCUT2D eigenvalue weighted by atomic mass is 9.85.